The minimum absolute atomic E-state index is 0.181. The van der Waals surface area contributed by atoms with E-state index >= 15 is 0 Å². The molecule has 0 atom stereocenters. The second-order valence-electron chi connectivity index (χ2n) is 4.24. The predicted octanol–water partition coefficient (Wildman–Crippen LogP) is 1.97. The van der Waals surface area contributed by atoms with E-state index in [0.717, 1.165) is 5.56 Å². The molecule has 0 unspecified atom stereocenters. The van der Waals surface area contributed by atoms with Crippen LogP contribution in [0.3, 0.4) is 0 Å². The number of hydrogen-bond acceptors (Lipinski definition) is 5. The van der Waals surface area contributed by atoms with Crippen LogP contribution in [0.15, 0.2) is 41.6 Å². The summed E-state index contributed by atoms with van der Waals surface area (Å²) in [7, 11) is 0. The van der Waals surface area contributed by atoms with Gasteiger partial charge < -0.3 is 0 Å². The van der Waals surface area contributed by atoms with Crippen LogP contribution in [0.5, 0.6) is 0 Å². The minimum atomic E-state index is -0.308. The number of carbonyl (C=O) groups excluding carboxylic acids is 1. The molecule has 2 N–H and O–H groups in total. The lowest BCUT2D eigenvalue weighted by Crippen LogP contribution is -2.37. The zero-order valence-electron chi connectivity index (χ0n) is 12.1. The van der Waals surface area contributed by atoms with E-state index in [1.807, 2.05) is 36.6 Å². The maximum Gasteiger partial charge on any atom is 0.250 e. The Kier molecular flexibility index (Phi) is 5.68. The standard InChI is InChI=1S/C14H15N5OS2/c1-10-16-17-14(22-2)19(10)18-13(21)15-12(20)9-8-11-6-4-3-5-7-11/h3-9H,1-2H3,(H2,15,18,20,21)/b9-8+. The van der Waals surface area contributed by atoms with E-state index in [-0.39, 0.29) is 11.0 Å². The lowest BCUT2D eigenvalue weighted by Gasteiger charge is -2.11. The molecule has 0 aliphatic rings. The van der Waals surface area contributed by atoms with Crippen molar-refractivity contribution in [1.29, 1.82) is 0 Å². The van der Waals surface area contributed by atoms with E-state index in [1.54, 1.807) is 17.7 Å². The fourth-order valence-electron chi connectivity index (χ4n) is 1.62. The molecule has 2 rings (SSSR count). The lowest BCUT2D eigenvalue weighted by molar-refractivity contribution is -0.115. The molecule has 0 saturated carbocycles. The minimum Gasteiger partial charge on any atom is -0.298 e. The van der Waals surface area contributed by atoms with Crippen molar-refractivity contribution in [2.45, 2.75) is 12.1 Å². The van der Waals surface area contributed by atoms with Crippen LogP contribution in [0.25, 0.3) is 6.08 Å². The number of amides is 1. The number of nitrogens with zero attached hydrogens (tertiary/aromatic N) is 3. The Morgan fingerprint density at radius 2 is 2.05 bits per heavy atom. The molecular weight excluding hydrogens is 318 g/mol. The predicted molar refractivity (Wildman–Crippen MR) is 92.1 cm³/mol. The number of rotatable bonds is 4. The van der Waals surface area contributed by atoms with Gasteiger partial charge in [0.1, 0.15) is 5.82 Å². The molecule has 1 aromatic heterocycles. The Morgan fingerprint density at radius 3 is 2.73 bits per heavy atom. The van der Waals surface area contributed by atoms with E-state index in [9.17, 15) is 4.79 Å². The smallest absolute Gasteiger partial charge is 0.250 e. The number of thioether (sulfide) groups is 1. The van der Waals surface area contributed by atoms with Crippen LogP contribution in [0.2, 0.25) is 0 Å². The van der Waals surface area contributed by atoms with Gasteiger partial charge in [-0.2, -0.15) is 0 Å². The molecule has 6 nitrogen and oxygen atoms in total. The van der Waals surface area contributed by atoms with Crippen molar-refractivity contribution in [3.8, 4) is 0 Å². The Labute approximate surface area is 138 Å². The van der Waals surface area contributed by atoms with Crippen LogP contribution in [0.1, 0.15) is 11.4 Å². The Hall–Kier alpha value is -2.19. The normalized spacial score (nSPS) is 10.6. The quantitative estimate of drug-likeness (QED) is 0.506. The summed E-state index contributed by atoms with van der Waals surface area (Å²) in [4.78, 5) is 11.8. The molecule has 0 radical (unpaired) electrons. The molecule has 0 spiro atoms. The Morgan fingerprint density at radius 1 is 1.32 bits per heavy atom. The fourth-order valence-corrected chi connectivity index (χ4v) is 2.30. The number of hydrogen-bond donors (Lipinski definition) is 2. The Balaban J connectivity index is 1.93. The summed E-state index contributed by atoms with van der Waals surface area (Å²) in [5, 5.41) is 11.3. The van der Waals surface area contributed by atoms with Crippen molar-refractivity contribution in [3.05, 3.63) is 47.8 Å². The number of nitrogens with one attached hydrogen (secondary N) is 2. The van der Waals surface area contributed by atoms with Crippen molar-refractivity contribution >= 4 is 41.1 Å². The van der Waals surface area contributed by atoms with Gasteiger partial charge >= 0.3 is 0 Å². The van der Waals surface area contributed by atoms with Gasteiger partial charge in [-0.25, -0.2) is 4.68 Å². The molecule has 0 fully saturated rings. The number of benzene rings is 1. The van der Waals surface area contributed by atoms with Gasteiger partial charge in [-0.05, 0) is 37.0 Å². The van der Waals surface area contributed by atoms with Gasteiger partial charge in [0.25, 0.3) is 0 Å². The third-order valence-electron chi connectivity index (χ3n) is 2.65. The highest BCUT2D eigenvalue weighted by Gasteiger charge is 2.09. The first-order valence-electron chi connectivity index (χ1n) is 6.41. The number of thiocarbonyl (C=S) groups is 1. The van der Waals surface area contributed by atoms with Crippen molar-refractivity contribution < 1.29 is 4.79 Å². The summed E-state index contributed by atoms with van der Waals surface area (Å²) in [6.07, 6.45) is 5.03. The highest BCUT2D eigenvalue weighted by Crippen LogP contribution is 2.10. The SMILES string of the molecule is CSc1nnc(C)n1NC(=S)NC(=O)/C=C/c1ccccc1. The largest absolute Gasteiger partial charge is 0.298 e. The first-order chi connectivity index (χ1) is 10.6. The number of aromatic nitrogens is 3. The summed E-state index contributed by atoms with van der Waals surface area (Å²) in [5.74, 6) is 0.346. The fraction of sp³-hybridized carbons (Fsp3) is 0.143. The van der Waals surface area contributed by atoms with Gasteiger partial charge in [0, 0.05) is 6.08 Å². The van der Waals surface area contributed by atoms with Crippen LogP contribution in [-0.4, -0.2) is 32.1 Å². The molecule has 0 aliphatic carbocycles. The van der Waals surface area contributed by atoms with E-state index in [2.05, 4.69) is 20.9 Å². The molecule has 2 aromatic rings. The van der Waals surface area contributed by atoms with Crippen molar-refractivity contribution in [1.82, 2.24) is 20.2 Å². The number of carbonyl (C=O) groups is 1. The highest BCUT2D eigenvalue weighted by molar-refractivity contribution is 7.98. The van der Waals surface area contributed by atoms with Gasteiger partial charge in [0.05, 0.1) is 0 Å². The molecule has 0 bridgehead atoms. The van der Waals surface area contributed by atoms with Gasteiger partial charge in [-0.1, -0.05) is 42.1 Å². The zero-order valence-corrected chi connectivity index (χ0v) is 13.7. The van der Waals surface area contributed by atoms with Crippen molar-refractivity contribution in [2.75, 3.05) is 11.7 Å². The third-order valence-corrected chi connectivity index (χ3v) is 3.48. The topological polar surface area (TPSA) is 71.8 Å². The first-order valence-corrected chi connectivity index (χ1v) is 8.04. The van der Waals surface area contributed by atoms with Crippen LogP contribution < -0.4 is 10.7 Å². The molecule has 1 amide bonds. The summed E-state index contributed by atoms with van der Waals surface area (Å²) < 4.78 is 1.62. The average molecular weight is 333 g/mol. The van der Waals surface area contributed by atoms with Crippen LogP contribution >= 0.6 is 24.0 Å². The molecule has 22 heavy (non-hydrogen) atoms. The maximum atomic E-state index is 11.8. The second kappa shape index (κ2) is 7.71. The number of aryl methyl sites for hydroxylation is 1. The van der Waals surface area contributed by atoms with Gasteiger partial charge in [0.15, 0.2) is 5.11 Å². The van der Waals surface area contributed by atoms with E-state index in [1.165, 1.54) is 17.8 Å². The molecule has 1 heterocycles. The summed E-state index contributed by atoms with van der Waals surface area (Å²) in [6.45, 7) is 1.79. The van der Waals surface area contributed by atoms with E-state index in [0.29, 0.717) is 11.0 Å². The molecule has 114 valence electrons. The monoisotopic (exact) mass is 333 g/mol. The maximum absolute atomic E-state index is 11.8. The highest BCUT2D eigenvalue weighted by atomic mass is 32.2. The second-order valence-corrected chi connectivity index (χ2v) is 5.43. The molecule has 0 aliphatic heterocycles. The molecule has 1 aromatic carbocycles. The molecular formula is C14H15N5OS2. The van der Waals surface area contributed by atoms with Crippen molar-refractivity contribution in [2.24, 2.45) is 0 Å². The molecule has 0 saturated heterocycles. The third kappa shape index (κ3) is 4.40. The van der Waals surface area contributed by atoms with Crippen LogP contribution in [-0.2, 0) is 4.79 Å². The van der Waals surface area contributed by atoms with E-state index < -0.39 is 0 Å². The van der Waals surface area contributed by atoms with Crippen LogP contribution in [0.4, 0.5) is 0 Å². The van der Waals surface area contributed by atoms with Gasteiger partial charge in [-0.15, -0.1) is 10.2 Å². The van der Waals surface area contributed by atoms with E-state index in [4.69, 9.17) is 12.2 Å². The first kappa shape index (κ1) is 16.2. The van der Waals surface area contributed by atoms with Crippen LogP contribution in [0, 0.1) is 6.92 Å². The lowest BCUT2D eigenvalue weighted by atomic mass is 10.2. The Bertz CT molecular complexity index is 697. The zero-order chi connectivity index (χ0) is 15.9. The summed E-state index contributed by atoms with van der Waals surface area (Å²) in [6, 6.07) is 9.55. The summed E-state index contributed by atoms with van der Waals surface area (Å²) >= 11 is 6.54. The van der Waals surface area contributed by atoms with Gasteiger partial charge in [-0.3, -0.25) is 15.5 Å². The average Bonchev–Trinajstić information content (AvgIpc) is 2.86. The summed E-state index contributed by atoms with van der Waals surface area (Å²) in [5.41, 5.74) is 3.82. The van der Waals surface area contributed by atoms with Gasteiger partial charge in [0.2, 0.25) is 11.1 Å². The van der Waals surface area contributed by atoms with Crippen molar-refractivity contribution in [3.63, 3.8) is 0 Å². The molecule has 8 heteroatoms.